The van der Waals surface area contributed by atoms with Crippen molar-refractivity contribution in [1.29, 1.82) is 0 Å². The second-order valence-electron chi connectivity index (χ2n) is 5.85. The molecule has 1 heterocycles. The van der Waals surface area contributed by atoms with E-state index >= 15 is 0 Å². The summed E-state index contributed by atoms with van der Waals surface area (Å²) in [5.41, 5.74) is 0.461. The summed E-state index contributed by atoms with van der Waals surface area (Å²) < 4.78 is 10.4. The van der Waals surface area contributed by atoms with E-state index in [2.05, 4.69) is 20.8 Å². The number of carbonyl (C=O) groups is 1. The maximum atomic E-state index is 11.5. The second kappa shape index (κ2) is 8.51. The summed E-state index contributed by atoms with van der Waals surface area (Å²) >= 11 is 0. The third-order valence-corrected chi connectivity index (χ3v) is 2.63. The van der Waals surface area contributed by atoms with Crippen molar-refractivity contribution in [1.82, 2.24) is 15.5 Å². The number of carbonyl (C=O) groups excluding carboxylic acids is 1. The SMILES string of the molecule is COCC(CCCNC(=O)OC(C)(C)C)Nc1cn[nH]c1. The van der Waals surface area contributed by atoms with E-state index in [4.69, 9.17) is 9.47 Å². The molecule has 0 aliphatic rings. The Morgan fingerprint density at radius 1 is 1.48 bits per heavy atom. The molecule has 1 unspecified atom stereocenters. The van der Waals surface area contributed by atoms with Crippen LogP contribution in [0.25, 0.3) is 0 Å². The largest absolute Gasteiger partial charge is 0.444 e. The summed E-state index contributed by atoms with van der Waals surface area (Å²) in [6.07, 6.45) is 4.84. The van der Waals surface area contributed by atoms with Gasteiger partial charge in [0.15, 0.2) is 0 Å². The van der Waals surface area contributed by atoms with Crippen molar-refractivity contribution in [3.63, 3.8) is 0 Å². The summed E-state index contributed by atoms with van der Waals surface area (Å²) in [5, 5.41) is 12.7. The van der Waals surface area contributed by atoms with Gasteiger partial charge in [0.2, 0.25) is 0 Å². The fourth-order valence-electron chi connectivity index (χ4n) is 1.82. The lowest BCUT2D eigenvalue weighted by molar-refractivity contribution is 0.0526. The zero-order chi connectivity index (χ0) is 15.7. The number of H-pyrrole nitrogens is 1. The number of alkyl carbamates (subject to hydrolysis) is 1. The topological polar surface area (TPSA) is 88.3 Å². The number of nitrogens with zero attached hydrogens (tertiary/aromatic N) is 1. The number of aromatic amines is 1. The Labute approximate surface area is 125 Å². The molecule has 0 aromatic carbocycles. The summed E-state index contributed by atoms with van der Waals surface area (Å²) in [6, 6.07) is 0.174. The van der Waals surface area contributed by atoms with Gasteiger partial charge in [-0.3, -0.25) is 5.10 Å². The van der Waals surface area contributed by atoms with Gasteiger partial charge in [0.1, 0.15) is 5.60 Å². The first-order valence-corrected chi connectivity index (χ1v) is 7.12. The lowest BCUT2D eigenvalue weighted by atomic mass is 10.1. The molecular weight excluding hydrogens is 272 g/mol. The molecule has 21 heavy (non-hydrogen) atoms. The van der Waals surface area contributed by atoms with E-state index in [1.54, 1.807) is 19.5 Å². The number of methoxy groups -OCH3 is 1. The van der Waals surface area contributed by atoms with E-state index in [9.17, 15) is 4.79 Å². The van der Waals surface area contributed by atoms with Gasteiger partial charge in [-0.05, 0) is 33.6 Å². The number of ether oxygens (including phenoxy) is 2. The quantitative estimate of drug-likeness (QED) is 0.640. The van der Waals surface area contributed by atoms with E-state index in [0.29, 0.717) is 13.2 Å². The van der Waals surface area contributed by atoms with Crippen LogP contribution in [0.5, 0.6) is 0 Å². The predicted octanol–water partition coefficient (Wildman–Crippen LogP) is 2.14. The normalized spacial score (nSPS) is 12.8. The van der Waals surface area contributed by atoms with Crippen molar-refractivity contribution in [2.75, 3.05) is 25.6 Å². The molecule has 3 N–H and O–H groups in total. The van der Waals surface area contributed by atoms with Gasteiger partial charge in [-0.25, -0.2) is 4.79 Å². The lowest BCUT2D eigenvalue weighted by Gasteiger charge is -2.20. The first-order chi connectivity index (χ1) is 9.90. The van der Waals surface area contributed by atoms with Gasteiger partial charge in [-0.2, -0.15) is 5.10 Å². The third-order valence-electron chi connectivity index (χ3n) is 2.63. The first kappa shape index (κ1) is 17.3. The standard InChI is InChI=1S/C14H26N4O3/c1-14(2,3)21-13(19)15-7-5-6-11(10-20-4)18-12-8-16-17-9-12/h8-9,11,18H,5-7,10H2,1-4H3,(H,15,19)(H,16,17). The Hall–Kier alpha value is -1.76. The van der Waals surface area contributed by atoms with Crippen LogP contribution in [-0.2, 0) is 9.47 Å². The summed E-state index contributed by atoms with van der Waals surface area (Å²) in [4.78, 5) is 11.5. The minimum Gasteiger partial charge on any atom is -0.444 e. The number of aromatic nitrogens is 2. The first-order valence-electron chi connectivity index (χ1n) is 7.12. The molecule has 0 aliphatic carbocycles. The van der Waals surface area contributed by atoms with Crippen LogP contribution >= 0.6 is 0 Å². The van der Waals surface area contributed by atoms with Gasteiger partial charge >= 0.3 is 6.09 Å². The Morgan fingerprint density at radius 3 is 2.81 bits per heavy atom. The monoisotopic (exact) mass is 298 g/mol. The number of rotatable bonds is 8. The van der Waals surface area contributed by atoms with Crippen molar-refractivity contribution in [3.8, 4) is 0 Å². The molecule has 0 fully saturated rings. The molecule has 0 aliphatic heterocycles. The summed E-state index contributed by atoms with van der Waals surface area (Å²) in [6.45, 7) is 6.70. The zero-order valence-corrected chi connectivity index (χ0v) is 13.2. The number of hydrogen-bond donors (Lipinski definition) is 3. The van der Waals surface area contributed by atoms with Crippen LogP contribution in [0.4, 0.5) is 10.5 Å². The van der Waals surface area contributed by atoms with Crippen LogP contribution in [0.3, 0.4) is 0 Å². The summed E-state index contributed by atoms with van der Waals surface area (Å²) in [7, 11) is 1.67. The number of nitrogens with one attached hydrogen (secondary N) is 3. The molecule has 120 valence electrons. The van der Waals surface area contributed by atoms with Crippen LogP contribution in [-0.4, -0.2) is 48.2 Å². The van der Waals surface area contributed by atoms with E-state index in [0.717, 1.165) is 18.5 Å². The van der Waals surface area contributed by atoms with Gasteiger partial charge in [0.25, 0.3) is 0 Å². The highest BCUT2D eigenvalue weighted by Crippen LogP contribution is 2.09. The molecule has 1 aromatic heterocycles. The molecule has 1 atom stereocenters. The van der Waals surface area contributed by atoms with E-state index in [-0.39, 0.29) is 12.1 Å². The van der Waals surface area contributed by atoms with Gasteiger partial charge in [-0.1, -0.05) is 0 Å². The highest BCUT2D eigenvalue weighted by molar-refractivity contribution is 5.67. The minimum atomic E-state index is -0.467. The predicted molar refractivity (Wildman–Crippen MR) is 81.3 cm³/mol. The van der Waals surface area contributed by atoms with Crippen LogP contribution in [0.15, 0.2) is 12.4 Å². The Morgan fingerprint density at radius 2 is 2.24 bits per heavy atom. The highest BCUT2D eigenvalue weighted by atomic mass is 16.6. The fraction of sp³-hybridized carbons (Fsp3) is 0.714. The van der Waals surface area contributed by atoms with Crippen molar-refractivity contribution in [2.24, 2.45) is 0 Å². The molecule has 0 saturated carbocycles. The molecule has 0 bridgehead atoms. The molecule has 7 nitrogen and oxygen atoms in total. The number of anilines is 1. The van der Waals surface area contributed by atoms with Crippen LogP contribution in [0.2, 0.25) is 0 Å². The van der Waals surface area contributed by atoms with Crippen LogP contribution in [0.1, 0.15) is 33.6 Å². The van der Waals surface area contributed by atoms with E-state index in [1.807, 2.05) is 20.8 Å². The Kier molecular flexibility index (Phi) is 7.01. The molecular formula is C14H26N4O3. The van der Waals surface area contributed by atoms with Gasteiger partial charge < -0.3 is 20.1 Å². The smallest absolute Gasteiger partial charge is 0.407 e. The third kappa shape index (κ3) is 8.19. The Bertz CT molecular complexity index is 401. The average Bonchev–Trinajstić information content (AvgIpc) is 2.85. The molecule has 0 radical (unpaired) electrons. The van der Waals surface area contributed by atoms with E-state index in [1.165, 1.54) is 0 Å². The van der Waals surface area contributed by atoms with Crippen molar-refractivity contribution < 1.29 is 14.3 Å². The second-order valence-corrected chi connectivity index (χ2v) is 5.85. The van der Waals surface area contributed by atoms with Crippen molar-refractivity contribution >= 4 is 11.8 Å². The zero-order valence-electron chi connectivity index (χ0n) is 13.2. The summed E-state index contributed by atoms with van der Waals surface area (Å²) in [5.74, 6) is 0. The maximum absolute atomic E-state index is 11.5. The number of hydrogen-bond acceptors (Lipinski definition) is 5. The molecule has 0 spiro atoms. The van der Waals surface area contributed by atoms with Gasteiger partial charge in [0.05, 0.1) is 18.5 Å². The lowest BCUT2D eigenvalue weighted by Crippen LogP contribution is -2.33. The molecule has 7 heteroatoms. The highest BCUT2D eigenvalue weighted by Gasteiger charge is 2.15. The van der Waals surface area contributed by atoms with Crippen LogP contribution in [0, 0.1) is 0 Å². The molecule has 0 saturated heterocycles. The Balaban J connectivity index is 2.23. The molecule has 1 rings (SSSR count). The van der Waals surface area contributed by atoms with Gasteiger partial charge in [-0.15, -0.1) is 0 Å². The van der Waals surface area contributed by atoms with E-state index < -0.39 is 5.60 Å². The minimum absolute atomic E-state index is 0.174. The molecule has 1 amide bonds. The van der Waals surface area contributed by atoms with Gasteiger partial charge in [0, 0.05) is 25.9 Å². The number of amides is 1. The maximum Gasteiger partial charge on any atom is 0.407 e. The fourth-order valence-corrected chi connectivity index (χ4v) is 1.82. The van der Waals surface area contributed by atoms with Crippen LogP contribution < -0.4 is 10.6 Å². The average molecular weight is 298 g/mol. The van der Waals surface area contributed by atoms with Crippen molar-refractivity contribution in [2.45, 2.75) is 45.3 Å². The van der Waals surface area contributed by atoms with Crippen molar-refractivity contribution in [3.05, 3.63) is 12.4 Å². The molecule has 1 aromatic rings.